The fraction of sp³-hybridized carbons (Fsp3) is 0.294. The lowest BCUT2D eigenvalue weighted by Gasteiger charge is -2.13. The maximum Gasteiger partial charge on any atom is 0.287 e. The zero-order chi connectivity index (χ0) is 16.2. The van der Waals surface area contributed by atoms with Crippen LogP contribution >= 0.6 is 0 Å². The second-order valence-corrected chi connectivity index (χ2v) is 5.60. The summed E-state index contributed by atoms with van der Waals surface area (Å²) in [5.74, 6) is -0.444. The molecule has 2 amide bonds. The van der Waals surface area contributed by atoms with Crippen molar-refractivity contribution in [3.05, 3.63) is 59.0 Å². The molecular formula is C17H19N3O3. The van der Waals surface area contributed by atoms with Crippen molar-refractivity contribution >= 4 is 11.8 Å². The normalized spacial score (nSPS) is 14.1. The second-order valence-electron chi connectivity index (χ2n) is 5.60. The van der Waals surface area contributed by atoms with Gasteiger partial charge in [0.25, 0.3) is 5.91 Å². The average molecular weight is 313 g/mol. The number of hydrogen-bond acceptors (Lipinski definition) is 4. The van der Waals surface area contributed by atoms with E-state index in [1.54, 1.807) is 19.1 Å². The van der Waals surface area contributed by atoms with Gasteiger partial charge in [0.15, 0.2) is 5.76 Å². The molecule has 0 spiro atoms. The Morgan fingerprint density at radius 1 is 1.26 bits per heavy atom. The van der Waals surface area contributed by atoms with Crippen LogP contribution in [0.2, 0.25) is 0 Å². The number of nitrogens with one attached hydrogen (secondary N) is 3. The predicted octanol–water partition coefficient (Wildman–Crippen LogP) is 1.32. The van der Waals surface area contributed by atoms with Gasteiger partial charge in [-0.3, -0.25) is 9.59 Å². The number of hydrogen-bond donors (Lipinski definition) is 3. The summed E-state index contributed by atoms with van der Waals surface area (Å²) < 4.78 is 5.00. The molecule has 3 rings (SSSR count). The first-order valence-corrected chi connectivity index (χ1v) is 7.57. The molecule has 1 unspecified atom stereocenters. The van der Waals surface area contributed by atoms with Crippen molar-refractivity contribution in [2.24, 2.45) is 0 Å². The van der Waals surface area contributed by atoms with Crippen molar-refractivity contribution < 1.29 is 14.0 Å². The van der Waals surface area contributed by atoms with E-state index < -0.39 is 11.9 Å². The molecule has 0 saturated carbocycles. The minimum atomic E-state index is -0.635. The van der Waals surface area contributed by atoms with E-state index in [4.69, 9.17) is 4.42 Å². The molecule has 1 aromatic heterocycles. The lowest BCUT2D eigenvalue weighted by molar-refractivity contribution is -0.122. The Bertz CT molecular complexity index is 710. The van der Waals surface area contributed by atoms with Crippen LogP contribution in [0.15, 0.2) is 41.0 Å². The van der Waals surface area contributed by atoms with Crippen LogP contribution in [0.1, 0.15) is 34.2 Å². The third-order valence-electron chi connectivity index (χ3n) is 3.85. The minimum Gasteiger partial charge on any atom is -0.459 e. The largest absolute Gasteiger partial charge is 0.459 e. The summed E-state index contributed by atoms with van der Waals surface area (Å²) >= 11 is 0. The summed E-state index contributed by atoms with van der Waals surface area (Å²) in [6.07, 6.45) is 1.42. The lowest BCUT2D eigenvalue weighted by atomic mass is 10.1. The highest BCUT2D eigenvalue weighted by atomic mass is 16.3. The molecule has 2 heterocycles. The standard InChI is InChI=1S/C17H19N3O3/c1-11(20-17(22)15-3-2-6-23-15)16(21)19-8-12-4-5-13-9-18-10-14(13)7-12/h2-7,11,18H,8-10H2,1H3,(H,19,21)(H,20,22). The molecule has 23 heavy (non-hydrogen) atoms. The number of carbonyl (C=O) groups is 2. The van der Waals surface area contributed by atoms with Gasteiger partial charge in [0.2, 0.25) is 5.91 Å². The number of fused-ring (bicyclic) bond motifs is 1. The van der Waals surface area contributed by atoms with Crippen molar-refractivity contribution in [1.29, 1.82) is 0 Å². The predicted molar refractivity (Wildman–Crippen MR) is 84.5 cm³/mol. The Labute approximate surface area is 134 Å². The fourth-order valence-electron chi connectivity index (χ4n) is 2.54. The molecule has 2 aromatic rings. The second kappa shape index (κ2) is 6.66. The summed E-state index contributed by atoms with van der Waals surface area (Å²) in [6.45, 7) is 3.85. The molecule has 0 fully saturated rings. The van der Waals surface area contributed by atoms with Gasteiger partial charge in [-0.1, -0.05) is 18.2 Å². The third-order valence-corrected chi connectivity index (χ3v) is 3.85. The highest BCUT2D eigenvalue weighted by Crippen LogP contribution is 2.16. The first-order chi connectivity index (χ1) is 11.1. The summed E-state index contributed by atoms with van der Waals surface area (Å²) in [7, 11) is 0. The van der Waals surface area contributed by atoms with Crippen LogP contribution < -0.4 is 16.0 Å². The van der Waals surface area contributed by atoms with E-state index in [0.717, 1.165) is 18.7 Å². The third kappa shape index (κ3) is 3.60. The van der Waals surface area contributed by atoms with Gasteiger partial charge in [0.05, 0.1) is 6.26 Å². The van der Waals surface area contributed by atoms with Gasteiger partial charge in [-0.15, -0.1) is 0 Å². The maximum atomic E-state index is 12.1. The summed E-state index contributed by atoms with van der Waals surface area (Å²) in [6, 6.07) is 8.74. The molecule has 0 aliphatic carbocycles. The molecule has 6 nitrogen and oxygen atoms in total. The molecule has 1 aliphatic rings. The van der Waals surface area contributed by atoms with E-state index in [9.17, 15) is 9.59 Å². The van der Waals surface area contributed by atoms with Crippen LogP contribution in [0.5, 0.6) is 0 Å². The topological polar surface area (TPSA) is 83.4 Å². The highest BCUT2D eigenvalue weighted by Gasteiger charge is 2.18. The Balaban J connectivity index is 1.51. The van der Waals surface area contributed by atoms with Gasteiger partial charge in [-0.05, 0) is 35.7 Å². The van der Waals surface area contributed by atoms with Crippen LogP contribution in [0.4, 0.5) is 0 Å². The van der Waals surface area contributed by atoms with Crippen LogP contribution in [0, 0.1) is 0 Å². The number of benzene rings is 1. The first kappa shape index (κ1) is 15.3. The molecule has 1 aromatic carbocycles. The van der Waals surface area contributed by atoms with Crippen LogP contribution in [0.3, 0.4) is 0 Å². The quantitative estimate of drug-likeness (QED) is 0.777. The monoisotopic (exact) mass is 313 g/mol. The van der Waals surface area contributed by atoms with E-state index in [-0.39, 0.29) is 11.7 Å². The number of rotatable bonds is 5. The van der Waals surface area contributed by atoms with E-state index in [1.165, 1.54) is 17.4 Å². The lowest BCUT2D eigenvalue weighted by Crippen LogP contribution is -2.44. The van der Waals surface area contributed by atoms with Crippen molar-refractivity contribution in [2.45, 2.75) is 32.6 Å². The van der Waals surface area contributed by atoms with Crippen molar-refractivity contribution in [1.82, 2.24) is 16.0 Å². The Hall–Kier alpha value is -2.60. The van der Waals surface area contributed by atoms with E-state index >= 15 is 0 Å². The summed E-state index contributed by atoms with van der Waals surface area (Å²) in [4.78, 5) is 23.9. The minimum absolute atomic E-state index is 0.191. The Kier molecular flexibility index (Phi) is 4.43. The smallest absolute Gasteiger partial charge is 0.287 e. The zero-order valence-corrected chi connectivity index (χ0v) is 12.9. The highest BCUT2D eigenvalue weighted by molar-refractivity contribution is 5.95. The fourth-order valence-corrected chi connectivity index (χ4v) is 2.54. The average Bonchev–Trinajstić information content (AvgIpc) is 3.22. The summed E-state index contributed by atoms with van der Waals surface area (Å²) in [5, 5.41) is 8.73. The number of carbonyl (C=O) groups excluding carboxylic acids is 2. The summed E-state index contributed by atoms with van der Waals surface area (Å²) in [5.41, 5.74) is 3.63. The Morgan fingerprint density at radius 2 is 2.09 bits per heavy atom. The van der Waals surface area contributed by atoms with Crippen molar-refractivity contribution in [3.8, 4) is 0 Å². The zero-order valence-electron chi connectivity index (χ0n) is 12.9. The van der Waals surface area contributed by atoms with Gasteiger partial charge in [0, 0.05) is 19.6 Å². The molecule has 1 atom stereocenters. The van der Waals surface area contributed by atoms with Crippen LogP contribution in [0.25, 0.3) is 0 Å². The van der Waals surface area contributed by atoms with Crippen molar-refractivity contribution in [3.63, 3.8) is 0 Å². The SMILES string of the molecule is CC(NC(=O)c1ccco1)C(=O)NCc1ccc2c(c1)CNC2. The van der Waals surface area contributed by atoms with Gasteiger partial charge in [0.1, 0.15) is 6.04 Å². The van der Waals surface area contributed by atoms with E-state index in [1.807, 2.05) is 6.07 Å². The molecule has 120 valence electrons. The first-order valence-electron chi connectivity index (χ1n) is 7.57. The molecule has 0 bridgehead atoms. The van der Waals surface area contributed by atoms with Crippen molar-refractivity contribution in [2.75, 3.05) is 0 Å². The van der Waals surface area contributed by atoms with E-state index in [0.29, 0.717) is 6.54 Å². The molecule has 6 heteroatoms. The van der Waals surface area contributed by atoms with E-state index in [2.05, 4.69) is 28.1 Å². The number of amides is 2. The van der Waals surface area contributed by atoms with Gasteiger partial charge < -0.3 is 20.4 Å². The maximum absolute atomic E-state index is 12.1. The molecule has 3 N–H and O–H groups in total. The molecule has 0 saturated heterocycles. The number of furan rings is 1. The van der Waals surface area contributed by atoms with Crippen LogP contribution in [-0.2, 0) is 24.4 Å². The Morgan fingerprint density at radius 3 is 2.87 bits per heavy atom. The molecular weight excluding hydrogens is 294 g/mol. The van der Waals surface area contributed by atoms with Crippen LogP contribution in [-0.4, -0.2) is 17.9 Å². The van der Waals surface area contributed by atoms with Gasteiger partial charge >= 0.3 is 0 Å². The van der Waals surface area contributed by atoms with Gasteiger partial charge in [-0.25, -0.2) is 0 Å². The molecule has 1 aliphatic heterocycles. The van der Waals surface area contributed by atoms with Gasteiger partial charge in [-0.2, -0.15) is 0 Å². The molecule has 0 radical (unpaired) electrons.